The number of guanidine groups is 1. The van der Waals surface area contributed by atoms with Gasteiger partial charge in [-0.1, -0.05) is 30.3 Å². The second-order valence-corrected chi connectivity index (χ2v) is 12.6. The predicted molar refractivity (Wildman–Crippen MR) is 197 cm³/mol. The van der Waals surface area contributed by atoms with Crippen molar-refractivity contribution in [3.8, 4) is 0 Å². The SMILES string of the molecule is Cc1cc(=O)oc2cc(NC(=O)[C@@H](CCCN=C(N)N)NC(=O)CNC(=O)[C@@H](CCC(=O)OCc3ccccc3)NC(=O)OC(C)(C)C)ccc12.Cl. The van der Waals surface area contributed by atoms with Crippen LogP contribution in [0.25, 0.3) is 11.0 Å². The highest BCUT2D eigenvalue weighted by Crippen LogP contribution is 2.21. The highest BCUT2D eigenvalue weighted by atomic mass is 35.5. The number of amides is 4. The Hall–Kier alpha value is -5.64. The van der Waals surface area contributed by atoms with Crippen molar-refractivity contribution in [2.45, 2.75) is 77.7 Å². The molecule has 0 saturated heterocycles. The number of anilines is 1. The summed E-state index contributed by atoms with van der Waals surface area (Å²) in [6.07, 6.45) is -0.829. The van der Waals surface area contributed by atoms with Crippen LogP contribution < -0.4 is 38.4 Å². The van der Waals surface area contributed by atoms with Gasteiger partial charge in [0, 0.05) is 36.2 Å². The topological polar surface area (TPSA) is 247 Å². The minimum atomic E-state index is -1.26. The number of benzene rings is 2. The second-order valence-electron chi connectivity index (χ2n) is 12.6. The number of nitrogens with two attached hydrogens (primary N) is 2. The van der Waals surface area contributed by atoms with Gasteiger partial charge in [-0.15, -0.1) is 12.4 Å². The summed E-state index contributed by atoms with van der Waals surface area (Å²) in [5.41, 5.74) is 11.5. The molecule has 2 atom stereocenters. The zero-order valence-electron chi connectivity index (χ0n) is 29.5. The number of alkyl carbamates (subject to hydrolysis) is 1. The second kappa shape index (κ2) is 20.3. The van der Waals surface area contributed by atoms with Crippen molar-refractivity contribution in [1.29, 1.82) is 0 Å². The van der Waals surface area contributed by atoms with E-state index in [0.717, 1.165) is 5.56 Å². The number of rotatable bonds is 16. The molecule has 8 N–H and O–H groups in total. The van der Waals surface area contributed by atoms with Gasteiger partial charge >= 0.3 is 17.7 Å². The Balaban J connectivity index is 0.00000936. The highest BCUT2D eigenvalue weighted by Gasteiger charge is 2.27. The predicted octanol–water partition coefficient (Wildman–Crippen LogP) is 2.53. The Morgan fingerprint density at radius 1 is 0.923 bits per heavy atom. The Bertz CT molecular complexity index is 1790. The normalized spacial score (nSPS) is 11.9. The monoisotopic (exact) mass is 743 g/mol. The van der Waals surface area contributed by atoms with Gasteiger partial charge in [0.2, 0.25) is 17.7 Å². The van der Waals surface area contributed by atoms with E-state index < -0.39 is 59.6 Å². The molecule has 3 aromatic rings. The zero-order valence-corrected chi connectivity index (χ0v) is 30.3. The van der Waals surface area contributed by atoms with E-state index in [1.165, 1.54) is 12.1 Å². The molecule has 0 bridgehead atoms. The molecule has 17 heteroatoms. The number of aryl methyl sites for hydroxylation is 1. The average Bonchev–Trinajstić information content (AvgIpc) is 3.05. The Labute approximate surface area is 306 Å². The van der Waals surface area contributed by atoms with E-state index in [4.69, 9.17) is 25.4 Å². The van der Waals surface area contributed by atoms with Crippen LogP contribution in [-0.4, -0.2) is 66.5 Å². The van der Waals surface area contributed by atoms with Crippen molar-refractivity contribution in [1.82, 2.24) is 16.0 Å². The van der Waals surface area contributed by atoms with E-state index in [2.05, 4.69) is 26.3 Å². The molecule has 0 aliphatic carbocycles. The van der Waals surface area contributed by atoms with Crippen LogP contribution in [0.2, 0.25) is 0 Å². The van der Waals surface area contributed by atoms with Crippen LogP contribution in [0, 0.1) is 6.92 Å². The van der Waals surface area contributed by atoms with Gasteiger partial charge in [0.1, 0.15) is 29.9 Å². The summed E-state index contributed by atoms with van der Waals surface area (Å²) < 4.78 is 15.8. The summed E-state index contributed by atoms with van der Waals surface area (Å²) in [6, 6.07) is 12.9. The smallest absolute Gasteiger partial charge is 0.408 e. The third-order valence-corrected chi connectivity index (χ3v) is 7.13. The summed E-state index contributed by atoms with van der Waals surface area (Å²) in [7, 11) is 0. The lowest BCUT2D eigenvalue weighted by Gasteiger charge is -2.23. The van der Waals surface area contributed by atoms with E-state index in [1.807, 2.05) is 6.07 Å². The largest absolute Gasteiger partial charge is 0.461 e. The van der Waals surface area contributed by atoms with Crippen LogP contribution in [-0.2, 0) is 35.3 Å². The molecule has 0 aliphatic rings. The fraction of sp³-hybridized carbons (Fsp3) is 0.400. The molecule has 0 saturated carbocycles. The van der Waals surface area contributed by atoms with Crippen LogP contribution in [0.1, 0.15) is 57.6 Å². The van der Waals surface area contributed by atoms with E-state index in [9.17, 15) is 28.8 Å². The standard InChI is InChI=1S/C35H45N7O9.ClH/c1-21-17-30(45)50-27-18-23(12-13-24(21)27)40-32(47)25(11-8-16-38-33(36)37)41-28(43)19-39-31(46)26(42-34(48)51-35(2,3)4)14-15-29(44)49-20-22-9-6-5-7-10-22;/h5-7,9-10,12-13,17-18,25-26H,8,11,14-16,19-20H2,1-4H3,(H,39,46)(H,40,47)(H,41,43)(H,42,48)(H4,36,37,38);1H/t25-,26-;/m1./s1. The number of carbonyl (C=O) groups excluding carboxylic acids is 5. The first kappa shape index (κ1) is 42.5. The Kier molecular flexibility index (Phi) is 16.6. The van der Waals surface area contributed by atoms with Crippen LogP contribution in [0.4, 0.5) is 10.5 Å². The average molecular weight is 744 g/mol. The van der Waals surface area contributed by atoms with Crippen molar-refractivity contribution >= 4 is 64.8 Å². The molecule has 52 heavy (non-hydrogen) atoms. The summed E-state index contributed by atoms with van der Waals surface area (Å²) in [6.45, 7) is 6.36. The molecule has 0 unspecified atom stereocenters. The molecule has 0 spiro atoms. The van der Waals surface area contributed by atoms with E-state index in [1.54, 1.807) is 64.1 Å². The van der Waals surface area contributed by atoms with Crippen molar-refractivity contribution in [2.24, 2.45) is 16.5 Å². The number of halogens is 1. The van der Waals surface area contributed by atoms with Crippen LogP contribution in [0.3, 0.4) is 0 Å². The van der Waals surface area contributed by atoms with Crippen LogP contribution in [0.5, 0.6) is 0 Å². The number of aliphatic imine (C=N–C) groups is 1. The fourth-order valence-corrected chi connectivity index (χ4v) is 4.73. The van der Waals surface area contributed by atoms with E-state index in [-0.39, 0.29) is 56.4 Å². The molecule has 4 amide bonds. The quantitative estimate of drug-likeness (QED) is 0.0409. The molecular formula is C35H46ClN7O9. The maximum atomic E-state index is 13.3. The van der Waals surface area contributed by atoms with Gasteiger partial charge in [-0.2, -0.15) is 0 Å². The molecule has 0 radical (unpaired) electrons. The summed E-state index contributed by atoms with van der Waals surface area (Å²) in [4.78, 5) is 80.2. The number of nitrogens with zero attached hydrogens (tertiary/aromatic N) is 1. The van der Waals surface area contributed by atoms with Gasteiger partial charge in [-0.25, -0.2) is 9.59 Å². The lowest BCUT2D eigenvalue weighted by molar-refractivity contribution is -0.145. The fourth-order valence-electron chi connectivity index (χ4n) is 4.73. The highest BCUT2D eigenvalue weighted by molar-refractivity contribution is 5.99. The molecule has 1 aromatic heterocycles. The maximum absolute atomic E-state index is 13.3. The minimum absolute atomic E-state index is 0. The number of esters is 1. The molecule has 282 valence electrons. The number of hydrogen-bond acceptors (Lipinski definition) is 10. The van der Waals surface area contributed by atoms with Crippen molar-refractivity contribution in [2.75, 3.05) is 18.4 Å². The van der Waals surface area contributed by atoms with Gasteiger partial charge < -0.3 is 46.6 Å². The zero-order chi connectivity index (χ0) is 37.6. The first-order valence-corrected chi connectivity index (χ1v) is 16.3. The first-order chi connectivity index (χ1) is 24.1. The maximum Gasteiger partial charge on any atom is 0.408 e. The van der Waals surface area contributed by atoms with Gasteiger partial charge in [0.05, 0.1) is 6.54 Å². The lowest BCUT2D eigenvalue weighted by Crippen LogP contribution is -2.52. The van der Waals surface area contributed by atoms with Gasteiger partial charge in [0.25, 0.3) is 0 Å². The van der Waals surface area contributed by atoms with Gasteiger partial charge in [-0.3, -0.25) is 24.2 Å². The summed E-state index contributed by atoms with van der Waals surface area (Å²) in [5, 5.41) is 10.9. The molecule has 1 heterocycles. The number of nitrogens with one attached hydrogen (secondary N) is 4. The molecule has 0 fully saturated rings. The lowest BCUT2D eigenvalue weighted by atomic mass is 10.1. The molecule has 2 aromatic carbocycles. The number of ether oxygens (including phenoxy) is 2. The Morgan fingerprint density at radius 2 is 1.62 bits per heavy atom. The summed E-state index contributed by atoms with van der Waals surface area (Å²) in [5.74, 6) is -2.81. The summed E-state index contributed by atoms with van der Waals surface area (Å²) >= 11 is 0. The first-order valence-electron chi connectivity index (χ1n) is 16.3. The van der Waals surface area contributed by atoms with Crippen molar-refractivity contribution in [3.05, 3.63) is 76.1 Å². The number of hydrogen-bond donors (Lipinski definition) is 6. The number of fused-ring (bicyclic) bond motifs is 1. The van der Waals surface area contributed by atoms with Gasteiger partial charge in [-0.05, 0) is 70.2 Å². The molecular weight excluding hydrogens is 698 g/mol. The van der Waals surface area contributed by atoms with Gasteiger partial charge in [0.15, 0.2) is 5.96 Å². The third-order valence-electron chi connectivity index (χ3n) is 7.13. The molecule has 0 aliphatic heterocycles. The Morgan fingerprint density at radius 3 is 2.29 bits per heavy atom. The van der Waals surface area contributed by atoms with Crippen LogP contribution >= 0.6 is 12.4 Å². The molecule has 3 rings (SSSR count). The van der Waals surface area contributed by atoms with Crippen molar-refractivity contribution in [3.63, 3.8) is 0 Å². The van der Waals surface area contributed by atoms with E-state index in [0.29, 0.717) is 23.1 Å². The number of carbonyl (C=O) groups is 5. The van der Waals surface area contributed by atoms with Crippen molar-refractivity contribution < 1.29 is 37.9 Å². The van der Waals surface area contributed by atoms with Crippen LogP contribution in [0.15, 0.2) is 68.8 Å². The van der Waals surface area contributed by atoms with E-state index >= 15 is 0 Å². The minimum Gasteiger partial charge on any atom is -0.461 e. The molecule has 16 nitrogen and oxygen atoms in total. The third kappa shape index (κ3) is 15.1.